The van der Waals surface area contributed by atoms with Gasteiger partial charge in [0.2, 0.25) is 5.60 Å². The van der Waals surface area contributed by atoms with Gasteiger partial charge in [-0.15, -0.1) is 0 Å². The van der Waals surface area contributed by atoms with Crippen molar-refractivity contribution in [3.05, 3.63) is 66.5 Å². The van der Waals surface area contributed by atoms with Gasteiger partial charge in [0.05, 0.1) is 36.2 Å². The predicted molar refractivity (Wildman–Crippen MR) is 133 cm³/mol. The van der Waals surface area contributed by atoms with E-state index in [9.17, 15) is 35.6 Å². The van der Waals surface area contributed by atoms with Gasteiger partial charge in [-0.1, -0.05) is 0 Å². The average molecular weight is 586 g/mol. The fraction of sp³-hybridized carbons (Fsp3) is 0.292. The maximum Gasteiger partial charge on any atom is 0.427 e. The molecule has 40 heavy (non-hydrogen) atoms. The van der Waals surface area contributed by atoms with Gasteiger partial charge in [-0.2, -0.15) is 13.2 Å². The zero-order valence-electron chi connectivity index (χ0n) is 21.0. The van der Waals surface area contributed by atoms with Crippen molar-refractivity contribution in [1.29, 1.82) is 0 Å². The van der Waals surface area contributed by atoms with Crippen LogP contribution in [0.1, 0.15) is 24.3 Å². The summed E-state index contributed by atoms with van der Waals surface area (Å²) in [6.45, 7) is 0.918. The van der Waals surface area contributed by atoms with Gasteiger partial charge >= 0.3 is 12.3 Å². The largest absolute Gasteiger partial charge is 0.484 e. The molecule has 1 atom stereocenters. The van der Waals surface area contributed by atoms with Gasteiger partial charge in [-0.25, -0.2) is 22.6 Å². The van der Waals surface area contributed by atoms with E-state index in [0.29, 0.717) is 13.8 Å². The number of fused-ring (bicyclic) bond motifs is 1. The Kier molecular flexibility index (Phi) is 7.65. The van der Waals surface area contributed by atoms with Crippen LogP contribution in [-0.4, -0.2) is 61.4 Å². The molecule has 0 saturated carbocycles. The molecular weight excluding hydrogens is 562 g/mol. The number of benzene rings is 2. The fourth-order valence-electron chi connectivity index (χ4n) is 3.57. The number of alkyl halides is 3. The molecule has 0 spiro atoms. The number of anilines is 2. The van der Waals surface area contributed by atoms with Gasteiger partial charge < -0.3 is 19.8 Å². The summed E-state index contributed by atoms with van der Waals surface area (Å²) in [7, 11) is -4.34. The second-order valence-corrected chi connectivity index (χ2v) is 11.0. The molecule has 1 aromatic heterocycles. The maximum atomic E-state index is 13.6. The lowest BCUT2D eigenvalue weighted by atomic mass is 10.1. The van der Waals surface area contributed by atoms with Gasteiger partial charge in [0.25, 0.3) is 15.9 Å². The number of nitrogens with zero attached hydrogens (tertiary/aromatic N) is 2. The van der Waals surface area contributed by atoms with Crippen molar-refractivity contribution in [2.75, 3.05) is 22.7 Å². The number of rotatable bonds is 7. The van der Waals surface area contributed by atoms with Crippen LogP contribution in [0.5, 0.6) is 5.75 Å². The van der Waals surface area contributed by atoms with Crippen LogP contribution in [0.15, 0.2) is 59.9 Å². The average Bonchev–Trinajstić information content (AvgIpc) is 3.41. The first-order valence-electron chi connectivity index (χ1n) is 11.6. The highest BCUT2D eigenvalue weighted by atomic mass is 32.2. The number of imidazole rings is 1. The lowest BCUT2D eigenvalue weighted by Crippen LogP contribution is -2.48. The SMILES string of the molecule is CC(C)(OC(=O)Nc1ccc2c(c1)N(S(=O)(=O)c1ccc(F)cc1)CC(CNC(=O)c1cnc[nH]1)O2)C(F)(F)F. The zero-order valence-corrected chi connectivity index (χ0v) is 21.8. The topological polar surface area (TPSA) is 143 Å². The van der Waals surface area contributed by atoms with Crippen LogP contribution in [0.3, 0.4) is 0 Å². The number of aromatic nitrogens is 2. The van der Waals surface area contributed by atoms with Crippen LogP contribution < -0.4 is 19.7 Å². The molecule has 4 rings (SSSR count). The monoisotopic (exact) mass is 585 g/mol. The number of halogens is 4. The Morgan fingerprint density at radius 2 is 1.88 bits per heavy atom. The normalized spacial score (nSPS) is 15.6. The third kappa shape index (κ3) is 6.11. The molecule has 2 heterocycles. The molecule has 3 N–H and O–H groups in total. The quantitative estimate of drug-likeness (QED) is 0.358. The standard InChI is InChI=1S/C24H23F4N5O6S/c1-23(2,24(26,27)28)39-22(35)32-15-5-8-20-19(9-15)33(40(36,37)17-6-3-14(25)4-7-17)12-16(38-20)10-30-21(34)18-11-29-13-31-18/h3-9,11,13,16H,10,12H2,1-2H3,(H,29,31)(H,30,34)(H,32,35). The Labute approximate surface area is 225 Å². The van der Waals surface area contributed by atoms with E-state index < -0.39 is 45.7 Å². The Bertz CT molecular complexity index is 1490. The third-order valence-electron chi connectivity index (χ3n) is 5.80. The summed E-state index contributed by atoms with van der Waals surface area (Å²) in [5.41, 5.74) is -2.77. The Hall–Kier alpha value is -4.34. The molecule has 1 aliphatic rings. The minimum atomic E-state index is -4.84. The number of hydrogen-bond donors (Lipinski definition) is 3. The molecule has 2 amide bonds. The molecule has 11 nitrogen and oxygen atoms in total. The Balaban J connectivity index is 1.62. The van der Waals surface area contributed by atoms with E-state index >= 15 is 0 Å². The lowest BCUT2D eigenvalue weighted by molar-refractivity contribution is -0.242. The van der Waals surface area contributed by atoms with Gasteiger partial charge in [0.15, 0.2) is 0 Å². The second-order valence-electron chi connectivity index (χ2n) is 9.11. The van der Waals surface area contributed by atoms with E-state index in [4.69, 9.17) is 4.74 Å². The highest BCUT2D eigenvalue weighted by Crippen LogP contribution is 2.39. The first-order valence-corrected chi connectivity index (χ1v) is 13.0. The molecule has 2 aromatic carbocycles. The Morgan fingerprint density at radius 1 is 1.18 bits per heavy atom. The van der Waals surface area contributed by atoms with Crippen molar-refractivity contribution in [2.45, 2.75) is 36.6 Å². The van der Waals surface area contributed by atoms with Gasteiger partial charge in [-0.3, -0.25) is 14.4 Å². The summed E-state index contributed by atoms with van der Waals surface area (Å²) in [5, 5.41) is 4.76. The number of nitrogens with one attached hydrogen (secondary N) is 3. The molecule has 0 saturated heterocycles. The Morgan fingerprint density at radius 3 is 2.50 bits per heavy atom. The minimum Gasteiger partial charge on any atom is -0.484 e. The van der Waals surface area contributed by atoms with Crippen molar-refractivity contribution in [2.24, 2.45) is 0 Å². The van der Waals surface area contributed by atoms with E-state index in [-0.39, 0.29) is 40.8 Å². The van der Waals surface area contributed by atoms with E-state index in [2.05, 4.69) is 25.3 Å². The summed E-state index contributed by atoms with van der Waals surface area (Å²) in [6, 6.07) is 7.81. The number of sulfonamides is 1. The van der Waals surface area contributed by atoms with Gasteiger partial charge in [0.1, 0.15) is 23.4 Å². The number of H-pyrrole nitrogens is 1. The van der Waals surface area contributed by atoms with Crippen molar-refractivity contribution in [3.63, 3.8) is 0 Å². The highest BCUT2D eigenvalue weighted by Gasteiger charge is 2.51. The number of hydrogen-bond acceptors (Lipinski definition) is 7. The summed E-state index contributed by atoms with van der Waals surface area (Å²) in [5.74, 6) is -1.14. The van der Waals surface area contributed by atoms with Crippen LogP contribution >= 0.6 is 0 Å². The van der Waals surface area contributed by atoms with Crippen LogP contribution in [0.25, 0.3) is 0 Å². The number of amides is 2. The fourth-order valence-corrected chi connectivity index (χ4v) is 5.07. The third-order valence-corrected chi connectivity index (χ3v) is 7.60. The second kappa shape index (κ2) is 10.7. The van der Waals surface area contributed by atoms with Crippen LogP contribution in [0.4, 0.5) is 33.7 Å². The number of ether oxygens (including phenoxy) is 2. The maximum absolute atomic E-state index is 13.6. The molecular formula is C24H23F4N5O6S. The smallest absolute Gasteiger partial charge is 0.427 e. The highest BCUT2D eigenvalue weighted by molar-refractivity contribution is 7.92. The molecule has 16 heteroatoms. The van der Waals surface area contributed by atoms with E-state index in [0.717, 1.165) is 28.6 Å². The molecule has 1 unspecified atom stereocenters. The van der Waals surface area contributed by atoms with E-state index in [1.165, 1.54) is 30.7 Å². The van der Waals surface area contributed by atoms with E-state index in [1.54, 1.807) is 0 Å². The van der Waals surface area contributed by atoms with E-state index in [1.807, 2.05) is 0 Å². The molecule has 1 aliphatic heterocycles. The van der Waals surface area contributed by atoms with Crippen molar-refractivity contribution in [1.82, 2.24) is 15.3 Å². The molecule has 0 radical (unpaired) electrons. The first kappa shape index (κ1) is 28.7. The summed E-state index contributed by atoms with van der Waals surface area (Å²) >= 11 is 0. The number of aromatic amines is 1. The van der Waals surface area contributed by atoms with Gasteiger partial charge in [0, 0.05) is 5.69 Å². The van der Waals surface area contributed by atoms with Crippen molar-refractivity contribution < 1.29 is 45.0 Å². The van der Waals surface area contributed by atoms with Crippen molar-refractivity contribution in [3.8, 4) is 5.75 Å². The number of carbonyl (C=O) groups excluding carboxylic acids is 2. The van der Waals surface area contributed by atoms with Crippen LogP contribution in [-0.2, 0) is 14.8 Å². The summed E-state index contributed by atoms with van der Waals surface area (Å²) in [4.78, 5) is 30.6. The first-order chi connectivity index (χ1) is 18.7. The molecule has 0 aliphatic carbocycles. The summed E-state index contributed by atoms with van der Waals surface area (Å²) in [6.07, 6.45) is -4.54. The predicted octanol–water partition coefficient (Wildman–Crippen LogP) is 3.82. The summed E-state index contributed by atoms with van der Waals surface area (Å²) < 4.78 is 91.2. The molecule has 214 valence electrons. The zero-order chi connectivity index (χ0) is 29.3. The molecule has 0 bridgehead atoms. The van der Waals surface area contributed by atoms with Crippen LogP contribution in [0, 0.1) is 5.82 Å². The number of carbonyl (C=O) groups is 2. The van der Waals surface area contributed by atoms with Crippen LogP contribution in [0.2, 0.25) is 0 Å². The van der Waals surface area contributed by atoms with Gasteiger partial charge in [-0.05, 0) is 56.3 Å². The minimum absolute atomic E-state index is 0.0345. The van der Waals surface area contributed by atoms with Crippen molar-refractivity contribution >= 4 is 33.4 Å². The molecule has 0 fully saturated rings. The molecule has 3 aromatic rings. The lowest BCUT2D eigenvalue weighted by Gasteiger charge is -2.36.